The van der Waals surface area contributed by atoms with E-state index >= 15 is 0 Å². The van der Waals surface area contributed by atoms with E-state index in [1.54, 1.807) is 23.5 Å². The van der Waals surface area contributed by atoms with Crippen molar-refractivity contribution in [3.05, 3.63) is 50.6 Å². The molecule has 0 aliphatic carbocycles. The number of likely N-dealkylation sites (N-methyl/N-ethyl adjacent to an activating group) is 1. The van der Waals surface area contributed by atoms with Crippen LogP contribution in [0.5, 0.6) is 0 Å². The Morgan fingerprint density at radius 2 is 2.17 bits per heavy atom. The lowest BCUT2D eigenvalue weighted by Gasteiger charge is -2.23. The summed E-state index contributed by atoms with van der Waals surface area (Å²) in [5, 5.41) is 10.9. The first kappa shape index (κ1) is 16.2. The molecule has 4 nitrogen and oxygen atoms in total. The van der Waals surface area contributed by atoms with Gasteiger partial charge in [0.05, 0.1) is 17.7 Å². The van der Waals surface area contributed by atoms with Gasteiger partial charge in [-0.25, -0.2) is 0 Å². The van der Waals surface area contributed by atoms with Crippen molar-refractivity contribution in [1.29, 1.82) is 5.26 Å². The molecule has 118 valence electrons. The molecule has 1 amide bonds. The molecule has 1 fully saturated rings. The second-order valence-electron chi connectivity index (χ2n) is 5.60. The largest absolute Gasteiger partial charge is 0.311 e. The van der Waals surface area contributed by atoms with E-state index in [9.17, 15) is 4.79 Å². The average Bonchev–Trinajstić information content (AvgIpc) is 3.13. The van der Waals surface area contributed by atoms with E-state index in [1.165, 1.54) is 4.88 Å². The summed E-state index contributed by atoms with van der Waals surface area (Å²) in [6, 6.07) is 11.3. The number of carbonyl (C=O) groups excluding carboxylic acids is 1. The first-order chi connectivity index (χ1) is 11.1. The summed E-state index contributed by atoms with van der Waals surface area (Å²) >= 11 is 5.16. The van der Waals surface area contributed by atoms with E-state index in [2.05, 4.69) is 38.3 Å². The van der Waals surface area contributed by atoms with Gasteiger partial charge in [0.2, 0.25) is 5.91 Å². The lowest BCUT2D eigenvalue weighted by molar-refractivity contribution is -0.121. The Morgan fingerprint density at radius 3 is 2.78 bits per heavy atom. The van der Waals surface area contributed by atoms with Crippen molar-refractivity contribution in [1.82, 2.24) is 4.90 Å². The van der Waals surface area contributed by atoms with Crippen LogP contribution in [0.4, 0.5) is 5.69 Å². The van der Waals surface area contributed by atoms with Gasteiger partial charge in [-0.3, -0.25) is 9.69 Å². The van der Waals surface area contributed by atoms with Gasteiger partial charge in [0.1, 0.15) is 0 Å². The molecule has 1 saturated heterocycles. The lowest BCUT2D eigenvalue weighted by Crippen LogP contribution is -2.39. The van der Waals surface area contributed by atoms with Crippen LogP contribution in [0.3, 0.4) is 0 Å². The molecule has 0 unspecified atom stereocenters. The van der Waals surface area contributed by atoms with Crippen molar-refractivity contribution in [2.45, 2.75) is 19.0 Å². The molecule has 1 atom stereocenters. The highest BCUT2D eigenvalue weighted by atomic mass is 79.9. The molecule has 23 heavy (non-hydrogen) atoms. The molecule has 0 saturated carbocycles. The Balaban J connectivity index is 1.69. The number of thiophene rings is 1. The number of nitrogens with zero attached hydrogens (tertiary/aromatic N) is 3. The van der Waals surface area contributed by atoms with Crippen molar-refractivity contribution in [3.63, 3.8) is 0 Å². The predicted octanol–water partition coefficient (Wildman–Crippen LogP) is 3.62. The van der Waals surface area contributed by atoms with Gasteiger partial charge in [0.25, 0.3) is 0 Å². The quantitative estimate of drug-likeness (QED) is 0.801. The molecule has 0 bridgehead atoms. The Bertz CT molecular complexity index is 750. The number of nitriles is 1. The number of halogens is 1. The van der Waals surface area contributed by atoms with E-state index in [1.807, 2.05) is 24.1 Å². The van der Waals surface area contributed by atoms with Crippen LogP contribution in [-0.4, -0.2) is 30.4 Å². The molecule has 1 aliphatic rings. The zero-order valence-electron chi connectivity index (χ0n) is 12.7. The van der Waals surface area contributed by atoms with E-state index in [0.29, 0.717) is 12.1 Å². The Labute approximate surface area is 148 Å². The smallest absolute Gasteiger partial charge is 0.244 e. The molecule has 3 rings (SSSR count). The summed E-state index contributed by atoms with van der Waals surface area (Å²) < 4.78 is 1.09. The average molecular weight is 390 g/mol. The molecule has 0 spiro atoms. The van der Waals surface area contributed by atoms with Gasteiger partial charge < -0.3 is 4.90 Å². The topological polar surface area (TPSA) is 47.3 Å². The molecule has 1 aromatic heterocycles. The minimum atomic E-state index is -0.0912. The van der Waals surface area contributed by atoms with Gasteiger partial charge in [-0.15, -0.1) is 11.3 Å². The molecule has 6 heteroatoms. The number of benzene rings is 1. The van der Waals surface area contributed by atoms with E-state index in [0.717, 1.165) is 23.1 Å². The van der Waals surface area contributed by atoms with Gasteiger partial charge in [-0.05, 0) is 59.7 Å². The van der Waals surface area contributed by atoms with E-state index in [-0.39, 0.29) is 11.9 Å². The van der Waals surface area contributed by atoms with Gasteiger partial charge in [0, 0.05) is 33.5 Å². The van der Waals surface area contributed by atoms with Crippen molar-refractivity contribution in [2.24, 2.45) is 0 Å². The monoisotopic (exact) mass is 389 g/mol. The fraction of sp³-hybridized carbons (Fsp3) is 0.294. The van der Waals surface area contributed by atoms with E-state index in [4.69, 9.17) is 5.26 Å². The Hall–Kier alpha value is -1.68. The van der Waals surface area contributed by atoms with Gasteiger partial charge >= 0.3 is 0 Å². The van der Waals surface area contributed by atoms with Crippen LogP contribution in [0.25, 0.3) is 0 Å². The van der Waals surface area contributed by atoms with Crippen molar-refractivity contribution >= 4 is 38.9 Å². The van der Waals surface area contributed by atoms with E-state index < -0.39 is 0 Å². The highest BCUT2D eigenvalue weighted by molar-refractivity contribution is 9.10. The number of rotatable bonds is 4. The van der Waals surface area contributed by atoms with Gasteiger partial charge in [0.15, 0.2) is 0 Å². The van der Waals surface area contributed by atoms with Crippen LogP contribution >= 0.6 is 27.3 Å². The maximum absolute atomic E-state index is 12.7. The number of hydrogen-bond donors (Lipinski definition) is 0. The minimum Gasteiger partial charge on any atom is -0.311 e. The molecule has 0 radical (unpaired) electrons. The maximum Gasteiger partial charge on any atom is 0.244 e. The Kier molecular flexibility index (Phi) is 4.81. The summed E-state index contributed by atoms with van der Waals surface area (Å²) in [5.74, 6) is 0.132. The third-order valence-electron chi connectivity index (χ3n) is 4.04. The molecule has 2 heterocycles. The maximum atomic E-state index is 12.7. The second-order valence-corrected chi connectivity index (χ2v) is 7.51. The second kappa shape index (κ2) is 6.83. The molecular weight excluding hydrogens is 374 g/mol. The van der Waals surface area contributed by atoms with Crippen LogP contribution in [-0.2, 0) is 11.3 Å². The SMILES string of the molecule is CN(Cc1cc(Br)cs1)[C@H]1CCN(c2ccc(C#N)cc2)C1=O. The van der Waals surface area contributed by atoms with Crippen LogP contribution in [0.2, 0.25) is 0 Å². The van der Waals surface area contributed by atoms with Crippen LogP contribution in [0, 0.1) is 11.3 Å². The highest BCUT2D eigenvalue weighted by Gasteiger charge is 2.35. The first-order valence-electron chi connectivity index (χ1n) is 7.33. The molecule has 2 aromatic rings. The predicted molar refractivity (Wildman–Crippen MR) is 95.4 cm³/mol. The van der Waals surface area contributed by atoms with Crippen molar-refractivity contribution < 1.29 is 4.79 Å². The fourth-order valence-electron chi connectivity index (χ4n) is 2.84. The summed E-state index contributed by atoms with van der Waals surface area (Å²) in [5.41, 5.74) is 1.47. The number of carbonyl (C=O) groups is 1. The molecule has 1 aromatic carbocycles. The zero-order chi connectivity index (χ0) is 16.4. The summed E-state index contributed by atoms with van der Waals surface area (Å²) in [4.78, 5) is 17.9. The van der Waals surface area contributed by atoms with Crippen LogP contribution in [0.1, 0.15) is 16.9 Å². The van der Waals surface area contributed by atoms with Crippen molar-refractivity contribution in [2.75, 3.05) is 18.5 Å². The first-order valence-corrected chi connectivity index (χ1v) is 9.00. The normalized spacial score (nSPS) is 17.7. The lowest BCUT2D eigenvalue weighted by atomic mass is 10.2. The minimum absolute atomic E-state index is 0.0912. The number of anilines is 1. The molecule has 0 N–H and O–H groups in total. The summed E-state index contributed by atoms with van der Waals surface area (Å²) in [7, 11) is 2.00. The van der Waals surface area contributed by atoms with Crippen LogP contribution < -0.4 is 4.90 Å². The fourth-order valence-corrected chi connectivity index (χ4v) is 4.35. The summed E-state index contributed by atoms with van der Waals surface area (Å²) in [6.45, 7) is 1.49. The van der Waals surface area contributed by atoms with Crippen LogP contribution in [0.15, 0.2) is 40.2 Å². The van der Waals surface area contributed by atoms with Gasteiger partial charge in [-0.2, -0.15) is 5.26 Å². The third-order valence-corrected chi connectivity index (χ3v) is 5.73. The molecular formula is C17H16BrN3OS. The highest BCUT2D eigenvalue weighted by Crippen LogP contribution is 2.27. The Morgan fingerprint density at radius 1 is 1.43 bits per heavy atom. The van der Waals surface area contributed by atoms with Crippen molar-refractivity contribution in [3.8, 4) is 6.07 Å². The zero-order valence-corrected chi connectivity index (χ0v) is 15.1. The number of hydrogen-bond acceptors (Lipinski definition) is 4. The third kappa shape index (κ3) is 3.47. The standard InChI is InChI=1S/C17H16BrN3OS/c1-20(10-15-8-13(18)11-23-15)16-6-7-21(17(16)22)14-4-2-12(9-19)3-5-14/h2-5,8,11,16H,6-7,10H2,1H3/t16-/m0/s1. The summed E-state index contributed by atoms with van der Waals surface area (Å²) in [6.07, 6.45) is 0.821. The molecule has 1 aliphatic heterocycles. The van der Waals surface area contributed by atoms with Gasteiger partial charge in [-0.1, -0.05) is 0 Å². The number of amides is 1.